The third kappa shape index (κ3) is 2.38. The van der Waals surface area contributed by atoms with Crippen molar-refractivity contribution in [2.75, 3.05) is 11.4 Å². The van der Waals surface area contributed by atoms with E-state index < -0.39 is 5.97 Å². The first-order valence-electron chi connectivity index (χ1n) is 5.42. The molecule has 1 saturated carbocycles. The summed E-state index contributed by atoms with van der Waals surface area (Å²) >= 11 is 3.36. The molecule has 0 heterocycles. The minimum Gasteiger partial charge on any atom is -0.478 e. The van der Waals surface area contributed by atoms with Gasteiger partial charge in [-0.1, -0.05) is 15.9 Å². The van der Waals surface area contributed by atoms with Gasteiger partial charge in [0.15, 0.2) is 0 Å². The molecular formula is C12H14BrNO2. The number of nitrogens with zero attached hydrogens (tertiary/aromatic N) is 1. The Kier molecular flexibility index (Phi) is 3.19. The zero-order valence-corrected chi connectivity index (χ0v) is 10.7. The Morgan fingerprint density at radius 3 is 2.69 bits per heavy atom. The molecule has 2 rings (SSSR count). The summed E-state index contributed by atoms with van der Waals surface area (Å²) in [4.78, 5) is 13.2. The summed E-state index contributed by atoms with van der Waals surface area (Å²) in [6, 6.07) is 5.95. The molecule has 86 valence electrons. The summed E-state index contributed by atoms with van der Waals surface area (Å²) in [6.07, 6.45) is 2.42. The van der Waals surface area contributed by atoms with Crippen LogP contribution in [0, 0.1) is 0 Å². The normalized spacial score (nSPS) is 14.9. The predicted octanol–water partition coefficient (Wildman–Crippen LogP) is 3.14. The largest absolute Gasteiger partial charge is 0.478 e. The summed E-state index contributed by atoms with van der Waals surface area (Å²) in [7, 11) is 0. The van der Waals surface area contributed by atoms with Crippen LogP contribution in [0.4, 0.5) is 5.69 Å². The maximum Gasteiger partial charge on any atom is 0.335 e. The quantitative estimate of drug-likeness (QED) is 0.923. The Balaban J connectivity index is 2.35. The molecule has 1 N–H and O–H groups in total. The van der Waals surface area contributed by atoms with Gasteiger partial charge in [-0.15, -0.1) is 0 Å². The van der Waals surface area contributed by atoms with E-state index in [0.29, 0.717) is 11.6 Å². The van der Waals surface area contributed by atoms with Crippen LogP contribution in [-0.2, 0) is 0 Å². The molecule has 1 aliphatic carbocycles. The van der Waals surface area contributed by atoms with Gasteiger partial charge in [0.05, 0.1) is 5.56 Å². The van der Waals surface area contributed by atoms with Crippen molar-refractivity contribution < 1.29 is 9.90 Å². The molecule has 3 nitrogen and oxygen atoms in total. The summed E-state index contributed by atoms with van der Waals surface area (Å²) in [5.41, 5.74) is 1.33. The first-order chi connectivity index (χ1) is 7.61. The van der Waals surface area contributed by atoms with Gasteiger partial charge < -0.3 is 10.0 Å². The van der Waals surface area contributed by atoms with Crippen molar-refractivity contribution in [1.82, 2.24) is 0 Å². The number of rotatable bonds is 4. The Hall–Kier alpha value is -1.03. The SMILES string of the molecule is CCN(c1cc(Br)cc(C(=O)O)c1)C1CC1. The number of carboxylic acid groups (broad SMARTS) is 1. The second kappa shape index (κ2) is 4.45. The number of carbonyl (C=O) groups is 1. The molecule has 1 aromatic carbocycles. The van der Waals surface area contributed by atoms with Crippen molar-refractivity contribution in [1.29, 1.82) is 0 Å². The van der Waals surface area contributed by atoms with Gasteiger partial charge in [0, 0.05) is 22.7 Å². The Morgan fingerprint density at radius 2 is 2.19 bits per heavy atom. The lowest BCUT2D eigenvalue weighted by atomic mass is 10.2. The summed E-state index contributed by atoms with van der Waals surface area (Å²) in [5.74, 6) is -0.880. The molecule has 0 bridgehead atoms. The molecule has 1 aliphatic rings. The number of anilines is 1. The maximum absolute atomic E-state index is 11.0. The fourth-order valence-electron chi connectivity index (χ4n) is 1.90. The maximum atomic E-state index is 11.0. The van der Waals surface area contributed by atoms with Crippen molar-refractivity contribution in [3.8, 4) is 0 Å². The molecule has 0 saturated heterocycles. The molecule has 0 unspecified atom stereocenters. The van der Waals surface area contributed by atoms with E-state index in [0.717, 1.165) is 16.7 Å². The van der Waals surface area contributed by atoms with E-state index >= 15 is 0 Å². The van der Waals surface area contributed by atoms with Crippen molar-refractivity contribution in [3.63, 3.8) is 0 Å². The third-order valence-electron chi connectivity index (χ3n) is 2.79. The first-order valence-corrected chi connectivity index (χ1v) is 6.21. The summed E-state index contributed by atoms with van der Waals surface area (Å²) in [6.45, 7) is 3.01. The average Bonchev–Trinajstić information content (AvgIpc) is 3.02. The zero-order valence-electron chi connectivity index (χ0n) is 9.11. The summed E-state index contributed by atoms with van der Waals surface area (Å²) in [5, 5.41) is 9.00. The predicted molar refractivity (Wildman–Crippen MR) is 67.1 cm³/mol. The van der Waals surface area contributed by atoms with Crippen LogP contribution in [0.5, 0.6) is 0 Å². The molecule has 0 atom stereocenters. The van der Waals surface area contributed by atoms with E-state index in [1.165, 1.54) is 12.8 Å². The molecule has 0 aromatic heterocycles. The topological polar surface area (TPSA) is 40.5 Å². The Bertz CT molecular complexity index is 415. The highest BCUT2D eigenvalue weighted by Crippen LogP contribution is 2.33. The van der Waals surface area contributed by atoms with Gasteiger partial charge in [-0.25, -0.2) is 4.79 Å². The highest BCUT2D eigenvalue weighted by Gasteiger charge is 2.28. The number of aromatic carboxylic acids is 1. The van der Waals surface area contributed by atoms with E-state index in [9.17, 15) is 4.79 Å². The minimum absolute atomic E-state index is 0.337. The van der Waals surface area contributed by atoms with E-state index in [4.69, 9.17) is 5.11 Å². The Labute approximate surface area is 103 Å². The van der Waals surface area contributed by atoms with Gasteiger partial charge in [0.1, 0.15) is 0 Å². The molecule has 0 spiro atoms. The third-order valence-corrected chi connectivity index (χ3v) is 3.25. The van der Waals surface area contributed by atoms with Gasteiger partial charge in [0.2, 0.25) is 0 Å². The Morgan fingerprint density at radius 1 is 1.50 bits per heavy atom. The number of benzene rings is 1. The van der Waals surface area contributed by atoms with Crippen LogP contribution in [0.25, 0.3) is 0 Å². The molecule has 0 aliphatic heterocycles. The fourth-order valence-corrected chi connectivity index (χ4v) is 2.38. The number of carboxylic acids is 1. The number of hydrogen-bond donors (Lipinski definition) is 1. The van der Waals surface area contributed by atoms with Gasteiger partial charge in [0.25, 0.3) is 0 Å². The highest BCUT2D eigenvalue weighted by atomic mass is 79.9. The molecule has 0 amide bonds. The van der Waals surface area contributed by atoms with Gasteiger partial charge in [-0.3, -0.25) is 0 Å². The zero-order chi connectivity index (χ0) is 11.7. The van der Waals surface area contributed by atoms with E-state index in [-0.39, 0.29) is 0 Å². The van der Waals surface area contributed by atoms with Crippen LogP contribution < -0.4 is 4.90 Å². The molecule has 4 heteroatoms. The monoisotopic (exact) mass is 283 g/mol. The second-order valence-corrected chi connectivity index (χ2v) is 4.94. The van der Waals surface area contributed by atoms with Gasteiger partial charge >= 0.3 is 5.97 Å². The van der Waals surface area contributed by atoms with Crippen LogP contribution in [0.15, 0.2) is 22.7 Å². The average molecular weight is 284 g/mol. The van der Waals surface area contributed by atoms with Crippen molar-refractivity contribution in [3.05, 3.63) is 28.2 Å². The summed E-state index contributed by atoms with van der Waals surface area (Å²) < 4.78 is 0.821. The van der Waals surface area contributed by atoms with Crippen LogP contribution in [0.2, 0.25) is 0 Å². The van der Waals surface area contributed by atoms with Crippen LogP contribution in [-0.4, -0.2) is 23.7 Å². The first kappa shape index (κ1) is 11.5. The standard InChI is InChI=1S/C12H14BrNO2/c1-2-14(10-3-4-10)11-6-8(12(15)16)5-9(13)7-11/h5-7,10H,2-4H2,1H3,(H,15,16). The van der Waals surface area contributed by atoms with Gasteiger partial charge in [-0.05, 0) is 38.0 Å². The van der Waals surface area contributed by atoms with Gasteiger partial charge in [-0.2, -0.15) is 0 Å². The van der Waals surface area contributed by atoms with Crippen molar-refractivity contribution >= 4 is 27.6 Å². The van der Waals surface area contributed by atoms with Crippen molar-refractivity contribution in [2.24, 2.45) is 0 Å². The van der Waals surface area contributed by atoms with Crippen LogP contribution in [0.1, 0.15) is 30.1 Å². The van der Waals surface area contributed by atoms with Crippen molar-refractivity contribution in [2.45, 2.75) is 25.8 Å². The molecular weight excluding hydrogens is 270 g/mol. The second-order valence-electron chi connectivity index (χ2n) is 4.02. The molecule has 1 aromatic rings. The minimum atomic E-state index is -0.880. The lowest BCUT2D eigenvalue weighted by molar-refractivity contribution is 0.0697. The fraction of sp³-hybridized carbons (Fsp3) is 0.417. The number of hydrogen-bond acceptors (Lipinski definition) is 2. The van der Waals surface area contributed by atoms with Crippen LogP contribution in [0.3, 0.4) is 0 Å². The van der Waals surface area contributed by atoms with E-state index in [2.05, 4.69) is 27.8 Å². The number of halogens is 1. The van der Waals surface area contributed by atoms with E-state index in [1.54, 1.807) is 12.1 Å². The molecule has 16 heavy (non-hydrogen) atoms. The molecule has 0 radical (unpaired) electrons. The smallest absolute Gasteiger partial charge is 0.335 e. The van der Waals surface area contributed by atoms with E-state index in [1.807, 2.05) is 6.07 Å². The lowest BCUT2D eigenvalue weighted by Gasteiger charge is -2.23. The van der Waals surface area contributed by atoms with Crippen LogP contribution >= 0.6 is 15.9 Å². The lowest BCUT2D eigenvalue weighted by Crippen LogP contribution is -2.25. The molecule has 1 fully saturated rings. The highest BCUT2D eigenvalue weighted by molar-refractivity contribution is 9.10.